The smallest absolute Gasteiger partial charge is 0.229 e. The molecule has 2 aromatic rings. The topological polar surface area (TPSA) is 77.3 Å². The average molecular weight is 327 g/mol. The molecule has 1 aliphatic heterocycles. The van der Waals surface area contributed by atoms with Crippen molar-refractivity contribution in [2.75, 3.05) is 13.2 Å². The second-order valence-electron chi connectivity index (χ2n) is 6.54. The zero-order valence-corrected chi connectivity index (χ0v) is 13.5. The van der Waals surface area contributed by atoms with E-state index in [1.807, 2.05) is 24.3 Å². The highest BCUT2D eigenvalue weighted by molar-refractivity contribution is 5.79. The van der Waals surface area contributed by atoms with Crippen LogP contribution in [-0.2, 0) is 17.6 Å². The third-order valence-corrected chi connectivity index (χ3v) is 4.84. The normalized spacial score (nSPS) is 19.9. The summed E-state index contributed by atoms with van der Waals surface area (Å²) in [5.41, 5.74) is 1.09. The number of para-hydroxylation sites is 1. The second-order valence-corrected chi connectivity index (χ2v) is 6.54. The van der Waals surface area contributed by atoms with E-state index in [1.165, 1.54) is 6.42 Å². The molecule has 0 radical (unpaired) electrons. The molecule has 0 saturated heterocycles. The van der Waals surface area contributed by atoms with Crippen LogP contribution in [0, 0.1) is 5.92 Å². The minimum Gasteiger partial charge on any atom is -0.492 e. The van der Waals surface area contributed by atoms with Crippen LogP contribution in [0.4, 0.5) is 0 Å². The van der Waals surface area contributed by atoms with Gasteiger partial charge in [0, 0.05) is 18.9 Å². The maximum atomic E-state index is 12.3. The van der Waals surface area contributed by atoms with Crippen LogP contribution < -0.4 is 10.1 Å². The van der Waals surface area contributed by atoms with Gasteiger partial charge in [0.05, 0.1) is 5.92 Å². The van der Waals surface area contributed by atoms with Crippen molar-refractivity contribution < 1.29 is 14.1 Å². The fourth-order valence-electron chi connectivity index (χ4n) is 3.13. The third kappa shape index (κ3) is 3.13. The number of carbonyl (C=O) groups excluding carboxylic acids is 1. The molecule has 1 aromatic heterocycles. The number of hydrogen-bond donors (Lipinski definition) is 1. The van der Waals surface area contributed by atoms with E-state index in [-0.39, 0.29) is 11.8 Å². The van der Waals surface area contributed by atoms with Gasteiger partial charge in [0.15, 0.2) is 5.82 Å². The van der Waals surface area contributed by atoms with Crippen LogP contribution in [0.2, 0.25) is 0 Å². The largest absolute Gasteiger partial charge is 0.492 e. The lowest BCUT2D eigenvalue weighted by Gasteiger charge is -2.24. The van der Waals surface area contributed by atoms with Crippen molar-refractivity contribution in [3.05, 3.63) is 41.5 Å². The molecule has 1 fully saturated rings. The summed E-state index contributed by atoms with van der Waals surface area (Å²) in [5.74, 6) is 2.63. The molecular formula is C18H21N3O3. The van der Waals surface area contributed by atoms with E-state index in [9.17, 15) is 4.79 Å². The number of amides is 1. The number of nitrogens with zero attached hydrogens (tertiary/aromatic N) is 2. The highest BCUT2D eigenvalue weighted by atomic mass is 16.5. The molecule has 0 spiro atoms. The lowest BCUT2D eigenvalue weighted by Crippen LogP contribution is -2.38. The van der Waals surface area contributed by atoms with Crippen LogP contribution in [0.3, 0.4) is 0 Å². The molecule has 2 heterocycles. The second kappa shape index (κ2) is 6.63. The van der Waals surface area contributed by atoms with Crippen LogP contribution >= 0.6 is 0 Å². The Hall–Kier alpha value is -2.37. The van der Waals surface area contributed by atoms with Crippen LogP contribution in [0.25, 0.3) is 0 Å². The zero-order valence-electron chi connectivity index (χ0n) is 13.5. The Morgan fingerprint density at radius 3 is 3.00 bits per heavy atom. The van der Waals surface area contributed by atoms with Gasteiger partial charge in [-0.3, -0.25) is 4.79 Å². The van der Waals surface area contributed by atoms with E-state index >= 15 is 0 Å². The Kier molecular flexibility index (Phi) is 4.19. The Morgan fingerprint density at radius 1 is 1.29 bits per heavy atom. The lowest BCUT2D eigenvalue weighted by molar-refractivity contribution is -0.126. The van der Waals surface area contributed by atoms with Gasteiger partial charge in [-0.15, -0.1) is 0 Å². The molecule has 0 bridgehead atoms. The van der Waals surface area contributed by atoms with Crippen LogP contribution in [0.1, 0.15) is 42.5 Å². The SMILES string of the molecule is O=C(NCCc1noc(C2CCC2)n1)[C@H]1COc2ccccc2C1. The number of carbonyl (C=O) groups is 1. The highest BCUT2D eigenvalue weighted by Crippen LogP contribution is 2.35. The molecule has 1 aliphatic carbocycles. The van der Waals surface area contributed by atoms with E-state index in [0.717, 1.165) is 36.5 Å². The van der Waals surface area contributed by atoms with E-state index in [0.29, 0.717) is 31.3 Å². The number of ether oxygens (including phenoxy) is 1. The Labute approximate surface area is 140 Å². The summed E-state index contributed by atoms with van der Waals surface area (Å²) in [6.45, 7) is 0.942. The molecule has 1 saturated carbocycles. The standard InChI is InChI=1S/C18H21N3O3/c22-17(14-10-13-4-1-2-7-15(13)23-11-14)19-9-8-16-20-18(24-21-16)12-5-3-6-12/h1-2,4,7,12,14H,3,5-6,8-11H2,(H,19,22)/t14-/m1/s1. The maximum absolute atomic E-state index is 12.3. The van der Waals surface area contributed by atoms with E-state index < -0.39 is 0 Å². The summed E-state index contributed by atoms with van der Waals surface area (Å²) in [5, 5.41) is 6.95. The van der Waals surface area contributed by atoms with Crippen molar-refractivity contribution in [3.63, 3.8) is 0 Å². The molecule has 126 valence electrons. The Bertz CT molecular complexity index is 724. The fraction of sp³-hybridized carbons (Fsp3) is 0.500. The summed E-state index contributed by atoms with van der Waals surface area (Å²) in [6, 6.07) is 7.87. The quantitative estimate of drug-likeness (QED) is 0.911. The van der Waals surface area contributed by atoms with E-state index in [1.54, 1.807) is 0 Å². The van der Waals surface area contributed by atoms with Crippen molar-refractivity contribution in [1.82, 2.24) is 15.5 Å². The van der Waals surface area contributed by atoms with Crippen molar-refractivity contribution in [1.29, 1.82) is 0 Å². The first-order valence-corrected chi connectivity index (χ1v) is 8.60. The summed E-state index contributed by atoms with van der Waals surface area (Å²) >= 11 is 0. The van der Waals surface area contributed by atoms with Crippen molar-refractivity contribution in [3.8, 4) is 5.75 Å². The number of aromatic nitrogens is 2. The van der Waals surface area contributed by atoms with Crippen molar-refractivity contribution >= 4 is 5.91 Å². The van der Waals surface area contributed by atoms with E-state index in [4.69, 9.17) is 9.26 Å². The maximum Gasteiger partial charge on any atom is 0.229 e. The van der Waals surface area contributed by atoms with Gasteiger partial charge in [-0.05, 0) is 30.9 Å². The van der Waals surface area contributed by atoms with Gasteiger partial charge in [-0.25, -0.2) is 0 Å². The monoisotopic (exact) mass is 327 g/mol. The molecule has 2 aliphatic rings. The highest BCUT2D eigenvalue weighted by Gasteiger charge is 2.26. The molecule has 4 rings (SSSR count). The summed E-state index contributed by atoms with van der Waals surface area (Å²) in [7, 11) is 0. The molecule has 1 amide bonds. The molecular weight excluding hydrogens is 306 g/mol. The first-order valence-electron chi connectivity index (χ1n) is 8.60. The molecule has 1 aromatic carbocycles. The fourth-order valence-corrected chi connectivity index (χ4v) is 3.13. The third-order valence-electron chi connectivity index (χ3n) is 4.84. The van der Waals surface area contributed by atoms with Crippen molar-refractivity contribution in [2.45, 2.75) is 38.0 Å². The van der Waals surface area contributed by atoms with Crippen molar-refractivity contribution in [2.24, 2.45) is 5.92 Å². The van der Waals surface area contributed by atoms with Gasteiger partial charge in [0.1, 0.15) is 12.4 Å². The number of fused-ring (bicyclic) bond motifs is 1. The molecule has 6 nitrogen and oxygen atoms in total. The van der Waals surface area contributed by atoms with Crippen LogP contribution in [0.15, 0.2) is 28.8 Å². The van der Waals surface area contributed by atoms with Gasteiger partial charge in [-0.2, -0.15) is 4.98 Å². The minimum atomic E-state index is -0.143. The number of hydrogen-bond acceptors (Lipinski definition) is 5. The first-order chi connectivity index (χ1) is 11.8. The molecule has 6 heteroatoms. The van der Waals surface area contributed by atoms with Crippen LogP contribution in [-0.4, -0.2) is 29.2 Å². The first kappa shape index (κ1) is 15.2. The number of rotatable bonds is 5. The van der Waals surface area contributed by atoms with Gasteiger partial charge >= 0.3 is 0 Å². The van der Waals surface area contributed by atoms with Crippen LogP contribution in [0.5, 0.6) is 5.75 Å². The Morgan fingerprint density at radius 2 is 2.17 bits per heavy atom. The van der Waals surface area contributed by atoms with Gasteiger partial charge in [-0.1, -0.05) is 29.8 Å². The minimum absolute atomic E-state index is 0.0206. The lowest BCUT2D eigenvalue weighted by atomic mass is 9.85. The summed E-state index contributed by atoms with van der Waals surface area (Å²) in [4.78, 5) is 16.7. The summed E-state index contributed by atoms with van der Waals surface area (Å²) < 4.78 is 11.0. The van der Waals surface area contributed by atoms with Gasteiger partial charge < -0.3 is 14.6 Å². The molecule has 24 heavy (non-hydrogen) atoms. The average Bonchev–Trinajstić information content (AvgIpc) is 3.01. The number of nitrogens with one attached hydrogen (secondary N) is 1. The Balaban J connectivity index is 1.26. The summed E-state index contributed by atoms with van der Waals surface area (Å²) in [6.07, 6.45) is 4.83. The number of benzene rings is 1. The molecule has 0 unspecified atom stereocenters. The molecule has 1 atom stereocenters. The van der Waals surface area contributed by atoms with Gasteiger partial charge in [0.25, 0.3) is 0 Å². The predicted octanol–water partition coefficient (Wildman–Crippen LogP) is 2.25. The zero-order chi connectivity index (χ0) is 16.4. The predicted molar refractivity (Wildman–Crippen MR) is 86.7 cm³/mol. The molecule has 1 N–H and O–H groups in total. The van der Waals surface area contributed by atoms with Gasteiger partial charge in [0.2, 0.25) is 11.8 Å². The van der Waals surface area contributed by atoms with E-state index in [2.05, 4.69) is 15.5 Å².